The standard InChI is InChI=1S/C14H18N2O3/c1-9-12(5-6-15-9)13(17)16-8-10-3-2-4-11(7-10)14(18)19/h2-4,7,9,12,15H,5-6,8H2,1H3,(H,16,17)(H,18,19). The highest BCUT2D eigenvalue weighted by atomic mass is 16.4. The molecule has 1 heterocycles. The van der Waals surface area contributed by atoms with E-state index < -0.39 is 5.97 Å². The van der Waals surface area contributed by atoms with E-state index in [2.05, 4.69) is 10.6 Å². The van der Waals surface area contributed by atoms with E-state index in [4.69, 9.17) is 5.11 Å². The molecule has 1 aromatic rings. The Balaban J connectivity index is 1.93. The monoisotopic (exact) mass is 262 g/mol. The topological polar surface area (TPSA) is 78.4 Å². The van der Waals surface area contributed by atoms with Gasteiger partial charge >= 0.3 is 5.97 Å². The second-order valence-corrected chi connectivity index (χ2v) is 4.86. The van der Waals surface area contributed by atoms with Crippen LogP contribution in [0.25, 0.3) is 0 Å². The normalized spacial score (nSPS) is 22.2. The molecule has 2 rings (SSSR count). The average molecular weight is 262 g/mol. The molecule has 5 nitrogen and oxygen atoms in total. The number of benzene rings is 1. The van der Waals surface area contributed by atoms with Crippen molar-refractivity contribution >= 4 is 11.9 Å². The molecule has 19 heavy (non-hydrogen) atoms. The van der Waals surface area contributed by atoms with Crippen molar-refractivity contribution in [2.45, 2.75) is 25.9 Å². The summed E-state index contributed by atoms with van der Waals surface area (Å²) in [7, 11) is 0. The van der Waals surface area contributed by atoms with Gasteiger partial charge in [-0.2, -0.15) is 0 Å². The van der Waals surface area contributed by atoms with E-state index >= 15 is 0 Å². The van der Waals surface area contributed by atoms with Crippen molar-refractivity contribution in [3.05, 3.63) is 35.4 Å². The summed E-state index contributed by atoms with van der Waals surface area (Å²) in [5.41, 5.74) is 1.04. The summed E-state index contributed by atoms with van der Waals surface area (Å²) in [6.07, 6.45) is 0.849. The van der Waals surface area contributed by atoms with E-state index in [1.807, 2.05) is 13.0 Å². The van der Waals surface area contributed by atoms with Gasteiger partial charge in [0.2, 0.25) is 5.91 Å². The number of nitrogens with one attached hydrogen (secondary N) is 2. The van der Waals surface area contributed by atoms with E-state index in [1.165, 1.54) is 6.07 Å². The van der Waals surface area contributed by atoms with Gasteiger partial charge in [0, 0.05) is 12.6 Å². The number of carbonyl (C=O) groups excluding carboxylic acids is 1. The Labute approximate surface area is 112 Å². The van der Waals surface area contributed by atoms with Crippen molar-refractivity contribution in [3.63, 3.8) is 0 Å². The lowest BCUT2D eigenvalue weighted by Crippen LogP contribution is -2.36. The summed E-state index contributed by atoms with van der Waals surface area (Å²) in [6.45, 7) is 3.24. The minimum atomic E-state index is -0.957. The zero-order chi connectivity index (χ0) is 13.8. The van der Waals surface area contributed by atoms with Crippen LogP contribution >= 0.6 is 0 Å². The Morgan fingerprint density at radius 1 is 1.47 bits per heavy atom. The van der Waals surface area contributed by atoms with Gasteiger partial charge in [0.1, 0.15) is 0 Å². The van der Waals surface area contributed by atoms with E-state index in [0.717, 1.165) is 18.5 Å². The number of rotatable bonds is 4. The summed E-state index contributed by atoms with van der Waals surface area (Å²) >= 11 is 0. The van der Waals surface area contributed by atoms with Gasteiger partial charge < -0.3 is 15.7 Å². The maximum Gasteiger partial charge on any atom is 0.335 e. The Morgan fingerprint density at radius 3 is 2.89 bits per heavy atom. The van der Waals surface area contributed by atoms with Gasteiger partial charge in [-0.05, 0) is 37.6 Å². The highest BCUT2D eigenvalue weighted by Crippen LogP contribution is 2.15. The Bertz CT molecular complexity index is 487. The van der Waals surface area contributed by atoms with Crippen LogP contribution in [0.15, 0.2) is 24.3 Å². The third-order valence-corrected chi connectivity index (χ3v) is 3.50. The van der Waals surface area contributed by atoms with Crippen molar-refractivity contribution in [1.29, 1.82) is 0 Å². The summed E-state index contributed by atoms with van der Waals surface area (Å²) in [6, 6.07) is 6.81. The van der Waals surface area contributed by atoms with Gasteiger partial charge in [0.25, 0.3) is 0 Å². The van der Waals surface area contributed by atoms with Crippen LogP contribution in [0.3, 0.4) is 0 Å². The fourth-order valence-corrected chi connectivity index (χ4v) is 2.35. The Kier molecular flexibility index (Phi) is 4.16. The molecular weight excluding hydrogens is 244 g/mol. The molecule has 1 fully saturated rings. The molecule has 0 radical (unpaired) electrons. The highest BCUT2D eigenvalue weighted by Gasteiger charge is 2.28. The van der Waals surface area contributed by atoms with Crippen molar-refractivity contribution in [3.8, 4) is 0 Å². The fraction of sp³-hybridized carbons (Fsp3) is 0.429. The fourth-order valence-electron chi connectivity index (χ4n) is 2.35. The molecule has 0 saturated carbocycles. The maximum absolute atomic E-state index is 12.0. The van der Waals surface area contributed by atoms with Gasteiger partial charge in [-0.15, -0.1) is 0 Å². The van der Waals surface area contributed by atoms with Crippen molar-refractivity contribution < 1.29 is 14.7 Å². The van der Waals surface area contributed by atoms with Gasteiger partial charge in [0.05, 0.1) is 11.5 Å². The molecule has 0 aromatic heterocycles. The van der Waals surface area contributed by atoms with Crippen molar-refractivity contribution in [1.82, 2.24) is 10.6 Å². The molecule has 5 heteroatoms. The van der Waals surface area contributed by atoms with Crippen LogP contribution in [0.1, 0.15) is 29.3 Å². The van der Waals surface area contributed by atoms with Crippen LogP contribution in [-0.2, 0) is 11.3 Å². The molecule has 3 N–H and O–H groups in total. The lowest BCUT2D eigenvalue weighted by atomic mass is 10.0. The van der Waals surface area contributed by atoms with Gasteiger partial charge in [-0.3, -0.25) is 4.79 Å². The second-order valence-electron chi connectivity index (χ2n) is 4.86. The quantitative estimate of drug-likeness (QED) is 0.756. The number of aromatic carboxylic acids is 1. The van der Waals surface area contributed by atoms with Crippen LogP contribution in [0.2, 0.25) is 0 Å². The number of hydrogen-bond acceptors (Lipinski definition) is 3. The molecule has 1 aromatic carbocycles. The molecule has 0 spiro atoms. The first-order valence-electron chi connectivity index (χ1n) is 6.41. The van der Waals surface area contributed by atoms with E-state index in [-0.39, 0.29) is 23.4 Å². The number of carboxylic acid groups (broad SMARTS) is 1. The zero-order valence-corrected chi connectivity index (χ0v) is 10.8. The van der Waals surface area contributed by atoms with E-state index in [1.54, 1.807) is 12.1 Å². The summed E-state index contributed by atoms with van der Waals surface area (Å²) < 4.78 is 0. The SMILES string of the molecule is CC1NCCC1C(=O)NCc1cccc(C(=O)O)c1. The largest absolute Gasteiger partial charge is 0.478 e. The first-order valence-corrected chi connectivity index (χ1v) is 6.41. The van der Waals surface area contributed by atoms with E-state index in [9.17, 15) is 9.59 Å². The molecule has 0 bridgehead atoms. The van der Waals surface area contributed by atoms with Crippen LogP contribution in [0, 0.1) is 5.92 Å². The minimum absolute atomic E-state index is 0.00246. The molecule has 2 atom stereocenters. The van der Waals surface area contributed by atoms with Crippen LogP contribution < -0.4 is 10.6 Å². The zero-order valence-electron chi connectivity index (χ0n) is 10.8. The Morgan fingerprint density at radius 2 is 2.26 bits per heavy atom. The number of carbonyl (C=O) groups is 2. The first kappa shape index (κ1) is 13.5. The summed E-state index contributed by atoms with van der Waals surface area (Å²) in [4.78, 5) is 22.8. The van der Waals surface area contributed by atoms with Crippen LogP contribution in [-0.4, -0.2) is 29.6 Å². The minimum Gasteiger partial charge on any atom is -0.478 e. The molecule has 1 amide bonds. The molecule has 0 aliphatic carbocycles. The first-order chi connectivity index (χ1) is 9.08. The molecule has 2 unspecified atom stereocenters. The predicted octanol–water partition coefficient (Wildman–Crippen LogP) is 0.999. The summed E-state index contributed by atoms with van der Waals surface area (Å²) in [5.74, 6) is -0.928. The van der Waals surface area contributed by atoms with Crippen LogP contribution in [0.4, 0.5) is 0 Å². The van der Waals surface area contributed by atoms with Crippen molar-refractivity contribution in [2.24, 2.45) is 5.92 Å². The van der Waals surface area contributed by atoms with E-state index in [0.29, 0.717) is 6.54 Å². The number of carboxylic acids is 1. The van der Waals surface area contributed by atoms with Gasteiger partial charge in [0.15, 0.2) is 0 Å². The van der Waals surface area contributed by atoms with Gasteiger partial charge in [-0.1, -0.05) is 12.1 Å². The van der Waals surface area contributed by atoms with Crippen molar-refractivity contribution in [2.75, 3.05) is 6.54 Å². The lowest BCUT2D eigenvalue weighted by Gasteiger charge is -2.15. The molecule has 1 aliphatic heterocycles. The predicted molar refractivity (Wildman–Crippen MR) is 70.8 cm³/mol. The van der Waals surface area contributed by atoms with Gasteiger partial charge in [-0.25, -0.2) is 4.79 Å². The number of hydrogen-bond donors (Lipinski definition) is 3. The lowest BCUT2D eigenvalue weighted by molar-refractivity contribution is -0.125. The molecular formula is C14H18N2O3. The third kappa shape index (κ3) is 3.32. The third-order valence-electron chi connectivity index (χ3n) is 3.50. The molecule has 1 saturated heterocycles. The second kappa shape index (κ2) is 5.84. The molecule has 102 valence electrons. The Hall–Kier alpha value is -1.88. The number of amides is 1. The van der Waals surface area contributed by atoms with Crippen LogP contribution in [0.5, 0.6) is 0 Å². The average Bonchev–Trinajstić information content (AvgIpc) is 2.82. The highest BCUT2D eigenvalue weighted by molar-refractivity contribution is 5.87. The smallest absolute Gasteiger partial charge is 0.335 e. The maximum atomic E-state index is 12.0. The summed E-state index contributed by atoms with van der Waals surface area (Å²) in [5, 5.41) is 15.0. The molecule has 1 aliphatic rings.